The fraction of sp³-hybridized carbons (Fsp3) is 0.154. The van der Waals surface area contributed by atoms with Crippen molar-refractivity contribution in [1.29, 1.82) is 0 Å². The van der Waals surface area contributed by atoms with Crippen LogP contribution in [-0.2, 0) is 9.53 Å². The highest BCUT2D eigenvalue weighted by atomic mass is 16.5. The summed E-state index contributed by atoms with van der Waals surface area (Å²) in [4.78, 5) is 11.1. The Labute approximate surface area is 94.4 Å². The zero-order valence-corrected chi connectivity index (χ0v) is 8.72. The van der Waals surface area contributed by atoms with Crippen LogP contribution in [0.2, 0.25) is 0 Å². The molecule has 0 aliphatic carbocycles. The Morgan fingerprint density at radius 2 is 2.19 bits per heavy atom. The van der Waals surface area contributed by atoms with E-state index in [0.717, 1.165) is 5.56 Å². The van der Waals surface area contributed by atoms with Crippen LogP contribution in [0.25, 0.3) is 0 Å². The molecule has 82 valence electrons. The minimum atomic E-state index is -1.42. The van der Waals surface area contributed by atoms with Crippen LogP contribution in [0.5, 0.6) is 0 Å². The molecule has 0 saturated carbocycles. The van der Waals surface area contributed by atoms with Crippen LogP contribution in [-0.4, -0.2) is 23.8 Å². The van der Waals surface area contributed by atoms with Gasteiger partial charge in [0.1, 0.15) is 6.61 Å². The molecule has 1 atom stereocenters. The second-order valence-electron chi connectivity index (χ2n) is 2.96. The third kappa shape index (κ3) is 3.99. The van der Waals surface area contributed by atoms with Crippen molar-refractivity contribution in [2.24, 2.45) is 0 Å². The number of carbonyl (C=O) groups is 1. The van der Waals surface area contributed by atoms with Crippen LogP contribution in [0.1, 0.15) is 5.56 Å². The van der Waals surface area contributed by atoms with Crippen molar-refractivity contribution >= 4 is 5.97 Å². The van der Waals surface area contributed by atoms with Gasteiger partial charge >= 0.3 is 5.97 Å². The van der Waals surface area contributed by atoms with Crippen LogP contribution < -0.4 is 0 Å². The summed E-state index contributed by atoms with van der Waals surface area (Å²) in [5.74, 6) is 4.32. The molecule has 0 unspecified atom stereocenters. The monoisotopic (exact) mass is 216 g/mol. The van der Waals surface area contributed by atoms with Crippen molar-refractivity contribution in [3.8, 4) is 11.8 Å². The van der Waals surface area contributed by atoms with E-state index in [0.29, 0.717) is 0 Å². The molecule has 0 spiro atoms. The summed E-state index contributed by atoms with van der Waals surface area (Å²) in [6.45, 7) is 3.46. The molecule has 0 aliphatic rings. The fourth-order valence-corrected chi connectivity index (χ4v) is 0.952. The molecule has 0 bridgehead atoms. The third-order valence-electron chi connectivity index (χ3n) is 1.69. The average molecular weight is 216 g/mol. The van der Waals surface area contributed by atoms with Crippen molar-refractivity contribution in [3.63, 3.8) is 0 Å². The molecule has 0 radical (unpaired) electrons. The molecule has 0 amide bonds. The van der Waals surface area contributed by atoms with Gasteiger partial charge in [0.25, 0.3) is 0 Å². The number of hydrogen-bond acceptors (Lipinski definition) is 3. The lowest BCUT2D eigenvalue weighted by Gasteiger charge is -2.02. The Bertz CT molecular complexity index is 412. The Hall–Kier alpha value is -2.05. The molecular weight excluding hydrogens is 204 g/mol. The maximum atomic E-state index is 11.1. The van der Waals surface area contributed by atoms with Crippen LogP contribution >= 0.6 is 0 Å². The molecule has 0 aliphatic heterocycles. The van der Waals surface area contributed by atoms with E-state index in [9.17, 15) is 9.90 Å². The standard InChI is InChI=1S/C13H12O3/c1-2-10-16-13(15)12(14)9-8-11-6-4-3-5-7-11/h2-7,12,14H,1,10H2/t12-/m0/s1. The predicted octanol–water partition coefficient (Wildman–Crippen LogP) is 1.13. The molecule has 1 rings (SSSR count). The lowest BCUT2D eigenvalue weighted by Crippen LogP contribution is -2.21. The zero-order chi connectivity index (χ0) is 11.8. The summed E-state index contributed by atoms with van der Waals surface area (Å²) in [5.41, 5.74) is 0.734. The summed E-state index contributed by atoms with van der Waals surface area (Å²) < 4.78 is 4.63. The minimum Gasteiger partial charge on any atom is -0.459 e. The van der Waals surface area contributed by atoms with Crippen molar-refractivity contribution in [2.75, 3.05) is 6.61 Å². The quantitative estimate of drug-likeness (QED) is 0.468. The van der Waals surface area contributed by atoms with Gasteiger partial charge < -0.3 is 9.84 Å². The summed E-state index contributed by atoms with van der Waals surface area (Å²) >= 11 is 0. The highest BCUT2D eigenvalue weighted by Crippen LogP contribution is 1.95. The van der Waals surface area contributed by atoms with Gasteiger partial charge in [0.2, 0.25) is 6.10 Å². The molecule has 0 aromatic heterocycles. The number of rotatable bonds is 3. The normalized spacial score (nSPS) is 10.8. The Morgan fingerprint density at radius 1 is 1.50 bits per heavy atom. The lowest BCUT2D eigenvalue weighted by molar-refractivity contribution is -0.149. The van der Waals surface area contributed by atoms with E-state index in [1.54, 1.807) is 12.1 Å². The number of ether oxygens (including phenoxy) is 1. The number of esters is 1. The molecule has 0 saturated heterocycles. The topological polar surface area (TPSA) is 46.5 Å². The molecule has 16 heavy (non-hydrogen) atoms. The number of aliphatic hydroxyl groups excluding tert-OH is 1. The fourth-order valence-electron chi connectivity index (χ4n) is 0.952. The molecule has 0 heterocycles. The Kier molecular flexibility index (Phi) is 4.84. The van der Waals surface area contributed by atoms with Gasteiger partial charge in [0, 0.05) is 5.56 Å². The van der Waals surface area contributed by atoms with Crippen molar-refractivity contribution in [1.82, 2.24) is 0 Å². The van der Waals surface area contributed by atoms with Crippen LogP contribution in [0.4, 0.5) is 0 Å². The largest absolute Gasteiger partial charge is 0.459 e. The number of benzene rings is 1. The van der Waals surface area contributed by atoms with E-state index in [2.05, 4.69) is 23.2 Å². The minimum absolute atomic E-state index is 0.0723. The van der Waals surface area contributed by atoms with Crippen LogP contribution in [0, 0.1) is 11.8 Å². The predicted molar refractivity (Wildman–Crippen MR) is 60.5 cm³/mol. The number of aliphatic hydroxyl groups is 1. The Balaban J connectivity index is 2.57. The summed E-state index contributed by atoms with van der Waals surface area (Å²) in [6.07, 6.45) is 0.00932. The number of carbonyl (C=O) groups excluding carboxylic acids is 1. The van der Waals surface area contributed by atoms with E-state index in [1.807, 2.05) is 18.2 Å². The second-order valence-corrected chi connectivity index (χ2v) is 2.96. The average Bonchev–Trinajstić information content (AvgIpc) is 2.34. The summed E-state index contributed by atoms with van der Waals surface area (Å²) in [6, 6.07) is 9.09. The molecule has 1 aromatic carbocycles. The summed E-state index contributed by atoms with van der Waals surface area (Å²) in [5, 5.41) is 9.32. The molecule has 3 nitrogen and oxygen atoms in total. The van der Waals surface area contributed by atoms with Gasteiger partial charge in [0.15, 0.2) is 0 Å². The van der Waals surface area contributed by atoms with Crippen molar-refractivity contribution in [3.05, 3.63) is 48.6 Å². The van der Waals surface area contributed by atoms with Gasteiger partial charge in [-0.15, -0.1) is 0 Å². The van der Waals surface area contributed by atoms with Gasteiger partial charge in [-0.1, -0.05) is 42.7 Å². The Morgan fingerprint density at radius 3 is 2.81 bits per heavy atom. The van der Waals surface area contributed by atoms with Crippen molar-refractivity contribution < 1.29 is 14.6 Å². The van der Waals surface area contributed by atoms with E-state index >= 15 is 0 Å². The van der Waals surface area contributed by atoms with Gasteiger partial charge in [-0.3, -0.25) is 0 Å². The first-order valence-corrected chi connectivity index (χ1v) is 4.76. The van der Waals surface area contributed by atoms with E-state index < -0.39 is 12.1 Å². The second kappa shape index (κ2) is 6.44. The lowest BCUT2D eigenvalue weighted by atomic mass is 10.2. The first kappa shape index (κ1) is 12.0. The summed E-state index contributed by atoms with van der Waals surface area (Å²) in [7, 11) is 0. The molecular formula is C13H12O3. The molecule has 1 aromatic rings. The maximum absolute atomic E-state index is 11.1. The highest BCUT2D eigenvalue weighted by Gasteiger charge is 2.12. The first-order valence-electron chi connectivity index (χ1n) is 4.76. The SMILES string of the molecule is C=CCOC(=O)[C@@H](O)C#Cc1ccccc1. The van der Waals surface area contributed by atoms with E-state index in [4.69, 9.17) is 0 Å². The smallest absolute Gasteiger partial charge is 0.348 e. The van der Waals surface area contributed by atoms with E-state index in [1.165, 1.54) is 6.08 Å². The highest BCUT2D eigenvalue weighted by molar-refractivity contribution is 5.78. The van der Waals surface area contributed by atoms with Crippen LogP contribution in [0.3, 0.4) is 0 Å². The zero-order valence-electron chi connectivity index (χ0n) is 8.72. The molecule has 3 heteroatoms. The van der Waals surface area contributed by atoms with Crippen LogP contribution in [0.15, 0.2) is 43.0 Å². The van der Waals surface area contributed by atoms with Gasteiger partial charge in [-0.2, -0.15) is 0 Å². The van der Waals surface area contributed by atoms with Crippen molar-refractivity contribution in [2.45, 2.75) is 6.10 Å². The third-order valence-corrected chi connectivity index (χ3v) is 1.69. The maximum Gasteiger partial charge on any atom is 0.348 e. The van der Waals surface area contributed by atoms with Gasteiger partial charge in [-0.05, 0) is 12.1 Å². The van der Waals surface area contributed by atoms with Gasteiger partial charge in [0.05, 0.1) is 0 Å². The molecule has 1 N–H and O–H groups in total. The van der Waals surface area contributed by atoms with E-state index in [-0.39, 0.29) is 6.61 Å². The molecule has 0 fully saturated rings. The van der Waals surface area contributed by atoms with Gasteiger partial charge in [-0.25, -0.2) is 4.79 Å². The first-order chi connectivity index (χ1) is 7.74. The number of hydrogen-bond donors (Lipinski definition) is 1.